The molecule has 3 N–H and O–H groups in total. The molecule has 188 valence electrons. The Morgan fingerprint density at radius 1 is 1.19 bits per heavy atom. The number of anilines is 1. The van der Waals surface area contributed by atoms with E-state index in [2.05, 4.69) is 59.0 Å². The zero-order valence-electron chi connectivity index (χ0n) is 20.8. The SMILES string of the molecule is COCCNCCC(=O)Nc1sc2c(c1-c1nc3ccc(-c4cccnc4)cc3s1)CC(C)NC2C. The highest BCUT2D eigenvalue weighted by Gasteiger charge is 2.30. The summed E-state index contributed by atoms with van der Waals surface area (Å²) in [5, 5.41) is 12.0. The first-order valence-corrected chi connectivity index (χ1v) is 13.9. The molecule has 3 aromatic heterocycles. The van der Waals surface area contributed by atoms with Gasteiger partial charge in [0.05, 0.1) is 16.8 Å². The van der Waals surface area contributed by atoms with Gasteiger partial charge in [-0.05, 0) is 49.6 Å². The maximum atomic E-state index is 12.8. The Kier molecular flexibility index (Phi) is 7.73. The minimum atomic E-state index is 0.00778. The number of ether oxygens (including phenoxy) is 1. The van der Waals surface area contributed by atoms with Crippen LogP contribution in [-0.4, -0.2) is 48.7 Å². The van der Waals surface area contributed by atoms with Crippen molar-refractivity contribution < 1.29 is 9.53 Å². The second-order valence-corrected chi connectivity index (χ2v) is 11.2. The van der Waals surface area contributed by atoms with E-state index < -0.39 is 0 Å². The number of aromatic nitrogens is 2. The Hall–Kier alpha value is -2.69. The summed E-state index contributed by atoms with van der Waals surface area (Å²) in [6, 6.07) is 11.0. The van der Waals surface area contributed by atoms with Crippen molar-refractivity contribution in [2.75, 3.05) is 32.1 Å². The predicted molar refractivity (Wildman–Crippen MR) is 149 cm³/mol. The minimum absolute atomic E-state index is 0.00778. The van der Waals surface area contributed by atoms with Crippen LogP contribution in [-0.2, 0) is 16.0 Å². The number of thiazole rings is 1. The Bertz CT molecular complexity index is 1350. The second kappa shape index (κ2) is 11.1. The minimum Gasteiger partial charge on any atom is -0.383 e. The van der Waals surface area contributed by atoms with Gasteiger partial charge in [0, 0.05) is 67.1 Å². The first-order valence-electron chi connectivity index (χ1n) is 12.3. The van der Waals surface area contributed by atoms with Crippen LogP contribution in [0.15, 0.2) is 42.7 Å². The van der Waals surface area contributed by atoms with Crippen LogP contribution < -0.4 is 16.0 Å². The Labute approximate surface area is 219 Å². The third-order valence-corrected chi connectivity index (χ3v) is 8.70. The van der Waals surface area contributed by atoms with Crippen LogP contribution in [0.4, 0.5) is 5.00 Å². The molecule has 1 amide bonds. The van der Waals surface area contributed by atoms with E-state index >= 15 is 0 Å². The number of hydrogen-bond donors (Lipinski definition) is 3. The smallest absolute Gasteiger partial charge is 0.226 e. The number of fused-ring (bicyclic) bond motifs is 2. The number of carbonyl (C=O) groups is 1. The molecule has 1 aliphatic rings. The topological polar surface area (TPSA) is 88.2 Å². The van der Waals surface area contributed by atoms with E-state index in [0.717, 1.165) is 49.9 Å². The van der Waals surface area contributed by atoms with Gasteiger partial charge in [0.25, 0.3) is 0 Å². The van der Waals surface area contributed by atoms with E-state index in [1.165, 1.54) is 10.4 Å². The first-order chi connectivity index (χ1) is 17.5. The van der Waals surface area contributed by atoms with Gasteiger partial charge in [-0.25, -0.2) is 4.98 Å². The number of thiophene rings is 1. The second-order valence-electron chi connectivity index (χ2n) is 9.13. The highest BCUT2D eigenvalue weighted by molar-refractivity contribution is 7.23. The average Bonchev–Trinajstić information content (AvgIpc) is 3.44. The Balaban J connectivity index is 1.47. The van der Waals surface area contributed by atoms with Crippen LogP contribution in [0.1, 0.15) is 36.8 Å². The lowest BCUT2D eigenvalue weighted by Gasteiger charge is -2.26. The molecule has 0 radical (unpaired) electrons. The van der Waals surface area contributed by atoms with Crippen molar-refractivity contribution in [2.45, 2.75) is 38.8 Å². The average molecular weight is 522 g/mol. The van der Waals surface area contributed by atoms with Crippen molar-refractivity contribution in [1.29, 1.82) is 0 Å². The van der Waals surface area contributed by atoms with Crippen molar-refractivity contribution in [3.63, 3.8) is 0 Å². The molecule has 2 unspecified atom stereocenters. The van der Waals surface area contributed by atoms with Gasteiger partial charge in [0.1, 0.15) is 10.0 Å². The number of methoxy groups -OCH3 is 1. The fourth-order valence-electron chi connectivity index (χ4n) is 4.65. The summed E-state index contributed by atoms with van der Waals surface area (Å²) in [4.78, 5) is 23.4. The largest absolute Gasteiger partial charge is 0.383 e. The predicted octanol–water partition coefficient (Wildman–Crippen LogP) is 5.25. The zero-order chi connectivity index (χ0) is 25.1. The molecule has 36 heavy (non-hydrogen) atoms. The number of nitrogens with zero attached hydrogens (tertiary/aromatic N) is 2. The molecule has 0 bridgehead atoms. The highest BCUT2D eigenvalue weighted by atomic mass is 32.1. The molecular weight excluding hydrogens is 490 g/mol. The Morgan fingerprint density at radius 3 is 2.89 bits per heavy atom. The number of pyridine rings is 1. The summed E-state index contributed by atoms with van der Waals surface area (Å²) in [6.45, 7) is 6.38. The van der Waals surface area contributed by atoms with Gasteiger partial charge >= 0.3 is 0 Å². The molecule has 9 heteroatoms. The van der Waals surface area contributed by atoms with Crippen molar-refractivity contribution in [2.24, 2.45) is 0 Å². The molecule has 5 rings (SSSR count). The van der Waals surface area contributed by atoms with Crippen LogP contribution in [0.2, 0.25) is 0 Å². The van der Waals surface area contributed by atoms with Crippen LogP contribution in [0.3, 0.4) is 0 Å². The molecule has 4 aromatic rings. The first kappa shape index (κ1) is 25.0. The van der Waals surface area contributed by atoms with Gasteiger partial charge in [0.2, 0.25) is 5.91 Å². The lowest BCUT2D eigenvalue weighted by atomic mass is 9.95. The van der Waals surface area contributed by atoms with E-state index in [1.54, 1.807) is 36.0 Å². The highest BCUT2D eigenvalue weighted by Crippen LogP contribution is 2.47. The molecular formula is C27H31N5O2S2. The van der Waals surface area contributed by atoms with E-state index in [-0.39, 0.29) is 11.9 Å². The maximum absolute atomic E-state index is 12.8. The van der Waals surface area contributed by atoms with Crippen LogP contribution in [0, 0.1) is 0 Å². The third kappa shape index (κ3) is 5.35. The summed E-state index contributed by atoms with van der Waals surface area (Å²) in [6.07, 6.45) is 4.99. The quantitative estimate of drug-likeness (QED) is 0.261. The number of rotatable bonds is 9. The molecule has 1 aliphatic heterocycles. The standard InChI is InChI=1S/C27H31N5O2S2/c1-16-13-20-24(26-31-21-7-6-18(14-22(21)35-26)19-5-4-9-29-15-19)27(36-25(20)17(2)30-16)32-23(33)8-10-28-11-12-34-3/h4-7,9,14-17,28,30H,8,10-13H2,1-3H3,(H,32,33). The Morgan fingerprint density at radius 2 is 2.08 bits per heavy atom. The summed E-state index contributed by atoms with van der Waals surface area (Å²) in [7, 11) is 1.67. The van der Waals surface area contributed by atoms with E-state index in [0.29, 0.717) is 25.6 Å². The van der Waals surface area contributed by atoms with Gasteiger partial charge in [0.15, 0.2) is 0 Å². The fourth-order valence-corrected chi connectivity index (χ4v) is 7.06. The molecule has 0 saturated carbocycles. The normalized spacial score (nSPS) is 17.3. The van der Waals surface area contributed by atoms with Gasteiger partial charge in [-0.1, -0.05) is 12.1 Å². The zero-order valence-corrected chi connectivity index (χ0v) is 22.4. The molecule has 0 saturated heterocycles. The monoisotopic (exact) mass is 521 g/mol. The molecule has 4 heterocycles. The molecule has 0 spiro atoms. The van der Waals surface area contributed by atoms with Crippen molar-refractivity contribution in [3.8, 4) is 21.7 Å². The fraction of sp³-hybridized carbons (Fsp3) is 0.370. The summed E-state index contributed by atoms with van der Waals surface area (Å²) in [5.74, 6) is 0.00778. The number of benzene rings is 1. The van der Waals surface area contributed by atoms with Crippen LogP contribution in [0.25, 0.3) is 31.9 Å². The van der Waals surface area contributed by atoms with Crippen molar-refractivity contribution in [1.82, 2.24) is 20.6 Å². The number of hydrogen-bond acceptors (Lipinski definition) is 8. The molecule has 0 aliphatic carbocycles. The summed E-state index contributed by atoms with van der Waals surface area (Å²) >= 11 is 3.36. The molecule has 7 nitrogen and oxygen atoms in total. The molecule has 0 fully saturated rings. The van der Waals surface area contributed by atoms with Crippen molar-refractivity contribution >= 4 is 43.8 Å². The summed E-state index contributed by atoms with van der Waals surface area (Å²) in [5.41, 5.74) is 5.57. The van der Waals surface area contributed by atoms with E-state index in [4.69, 9.17) is 9.72 Å². The van der Waals surface area contributed by atoms with Crippen molar-refractivity contribution in [3.05, 3.63) is 53.2 Å². The number of nitrogens with one attached hydrogen (secondary N) is 3. The maximum Gasteiger partial charge on any atom is 0.226 e. The molecule has 1 aromatic carbocycles. The third-order valence-electron chi connectivity index (χ3n) is 6.34. The van der Waals surface area contributed by atoms with Gasteiger partial charge in [-0.15, -0.1) is 22.7 Å². The van der Waals surface area contributed by atoms with Gasteiger partial charge < -0.3 is 20.7 Å². The lowest BCUT2D eigenvalue weighted by Crippen LogP contribution is -2.35. The lowest BCUT2D eigenvalue weighted by molar-refractivity contribution is -0.116. The summed E-state index contributed by atoms with van der Waals surface area (Å²) < 4.78 is 6.18. The van der Waals surface area contributed by atoms with Crippen LogP contribution in [0.5, 0.6) is 0 Å². The van der Waals surface area contributed by atoms with Gasteiger partial charge in [-0.2, -0.15) is 0 Å². The number of amides is 1. The molecule has 2 atom stereocenters. The van der Waals surface area contributed by atoms with Gasteiger partial charge in [-0.3, -0.25) is 9.78 Å². The number of carbonyl (C=O) groups excluding carboxylic acids is 1. The van der Waals surface area contributed by atoms with E-state index in [1.807, 2.05) is 12.3 Å². The van der Waals surface area contributed by atoms with E-state index in [9.17, 15) is 4.79 Å². The van der Waals surface area contributed by atoms with Crippen LogP contribution >= 0.6 is 22.7 Å².